The summed E-state index contributed by atoms with van der Waals surface area (Å²) in [7, 11) is 1.69. The van der Waals surface area contributed by atoms with Gasteiger partial charge in [-0.05, 0) is 49.8 Å². The molecule has 1 amide bonds. The Labute approximate surface area is 170 Å². The second-order valence-electron chi connectivity index (χ2n) is 7.62. The highest BCUT2D eigenvalue weighted by Gasteiger charge is 2.23. The maximum absolute atomic E-state index is 13.0. The van der Waals surface area contributed by atoms with Crippen LogP contribution in [0.4, 0.5) is 0 Å². The molecule has 2 heterocycles. The lowest BCUT2D eigenvalue weighted by molar-refractivity contribution is -0.00729. The monoisotopic (exact) mass is 396 g/mol. The average molecular weight is 396 g/mol. The maximum Gasteiger partial charge on any atom is 0.253 e. The number of nitrogens with zero attached hydrogens (tertiary/aromatic N) is 1. The summed E-state index contributed by atoms with van der Waals surface area (Å²) in [5, 5.41) is 4.14. The third-order valence-corrected chi connectivity index (χ3v) is 5.66. The Kier molecular flexibility index (Phi) is 6.27. The number of fused-ring (bicyclic) bond motifs is 1. The number of hydrogen-bond donors (Lipinski definition) is 3. The number of nitrogens with one attached hydrogen (secondary N) is 3. The Morgan fingerprint density at radius 1 is 1.17 bits per heavy atom. The van der Waals surface area contributed by atoms with E-state index >= 15 is 0 Å². The average Bonchev–Trinajstić information content (AvgIpc) is 3.44. The number of H-pyrrole nitrogens is 2. The molecule has 7 heteroatoms. The standard InChI is InChI=1S/C22H28N4O3/c1-28-10-11-29-18-4-2-15(3-5-18)14-26-22(27)19-13-17(21-24-8-9-25-21)12-16-6-7-23-20(16)19/h6-9,12-13,15,18,23H,2-5,10-11,14H2,1H3,(H,24,25)(H,26,27). The molecule has 3 N–H and O–H groups in total. The first-order valence-electron chi connectivity index (χ1n) is 10.2. The second kappa shape index (κ2) is 9.24. The van der Waals surface area contributed by atoms with Gasteiger partial charge in [-0.1, -0.05) is 0 Å². The van der Waals surface area contributed by atoms with Gasteiger partial charge >= 0.3 is 0 Å². The minimum atomic E-state index is -0.0516. The zero-order valence-corrected chi connectivity index (χ0v) is 16.7. The van der Waals surface area contributed by atoms with Gasteiger partial charge in [0.05, 0.1) is 30.4 Å². The van der Waals surface area contributed by atoms with Gasteiger partial charge in [0.1, 0.15) is 5.82 Å². The lowest BCUT2D eigenvalue weighted by atomic mass is 9.87. The van der Waals surface area contributed by atoms with Gasteiger partial charge in [0.25, 0.3) is 5.91 Å². The second-order valence-corrected chi connectivity index (χ2v) is 7.62. The van der Waals surface area contributed by atoms with Gasteiger partial charge in [0.2, 0.25) is 0 Å². The molecule has 1 aromatic carbocycles. The summed E-state index contributed by atoms with van der Waals surface area (Å²) in [5.41, 5.74) is 2.41. The van der Waals surface area contributed by atoms with Crippen LogP contribution in [-0.4, -0.2) is 53.8 Å². The van der Waals surface area contributed by atoms with E-state index in [0.29, 0.717) is 37.3 Å². The summed E-state index contributed by atoms with van der Waals surface area (Å²) >= 11 is 0. The number of methoxy groups -OCH3 is 1. The molecule has 1 saturated carbocycles. The molecule has 0 unspecified atom stereocenters. The fourth-order valence-corrected chi connectivity index (χ4v) is 4.04. The van der Waals surface area contributed by atoms with Gasteiger partial charge < -0.3 is 24.8 Å². The van der Waals surface area contributed by atoms with Crippen molar-refractivity contribution in [1.29, 1.82) is 0 Å². The van der Waals surface area contributed by atoms with E-state index in [1.807, 2.05) is 24.4 Å². The van der Waals surface area contributed by atoms with Crippen LogP contribution in [0.5, 0.6) is 0 Å². The van der Waals surface area contributed by atoms with E-state index in [9.17, 15) is 4.79 Å². The molecule has 4 rings (SSSR count). The summed E-state index contributed by atoms with van der Waals surface area (Å²) in [6, 6.07) is 5.91. The number of rotatable bonds is 8. The fraction of sp³-hybridized carbons (Fsp3) is 0.455. The van der Waals surface area contributed by atoms with Crippen LogP contribution in [0.15, 0.2) is 36.8 Å². The molecule has 1 aliphatic carbocycles. The Morgan fingerprint density at radius 2 is 2.03 bits per heavy atom. The topological polar surface area (TPSA) is 92.0 Å². The van der Waals surface area contributed by atoms with Crippen molar-refractivity contribution in [3.63, 3.8) is 0 Å². The summed E-state index contributed by atoms with van der Waals surface area (Å²) in [5.74, 6) is 1.20. The number of imidazole rings is 1. The predicted octanol–water partition coefficient (Wildman–Crippen LogP) is 3.51. The molecule has 0 aliphatic heterocycles. The Balaban J connectivity index is 1.37. The first kappa shape index (κ1) is 19.7. The third kappa shape index (κ3) is 4.68. The molecular weight excluding hydrogens is 368 g/mol. The molecule has 29 heavy (non-hydrogen) atoms. The summed E-state index contributed by atoms with van der Waals surface area (Å²) < 4.78 is 10.9. The highest BCUT2D eigenvalue weighted by atomic mass is 16.5. The van der Waals surface area contributed by atoms with Crippen LogP contribution in [0.2, 0.25) is 0 Å². The lowest BCUT2D eigenvalue weighted by Gasteiger charge is -2.28. The normalized spacial score (nSPS) is 19.5. The van der Waals surface area contributed by atoms with Gasteiger partial charge in [0.15, 0.2) is 0 Å². The molecule has 1 aliphatic rings. The van der Waals surface area contributed by atoms with Crippen molar-refractivity contribution in [1.82, 2.24) is 20.3 Å². The van der Waals surface area contributed by atoms with Crippen molar-refractivity contribution < 1.29 is 14.3 Å². The van der Waals surface area contributed by atoms with Crippen molar-refractivity contribution in [2.45, 2.75) is 31.8 Å². The smallest absolute Gasteiger partial charge is 0.253 e. The van der Waals surface area contributed by atoms with Crippen LogP contribution in [0, 0.1) is 5.92 Å². The van der Waals surface area contributed by atoms with E-state index in [-0.39, 0.29) is 5.91 Å². The zero-order valence-electron chi connectivity index (χ0n) is 16.7. The number of amides is 1. The minimum absolute atomic E-state index is 0.0516. The van der Waals surface area contributed by atoms with E-state index in [1.54, 1.807) is 19.5 Å². The zero-order chi connectivity index (χ0) is 20.1. The van der Waals surface area contributed by atoms with Crippen LogP contribution in [0.3, 0.4) is 0 Å². The van der Waals surface area contributed by atoms with E-state index in [2.05, 4.69) is 20.3 Å². The van der Waals surface area contributed by atoms with Gasteiger partial charge in [-0.2, -0.15) is 0 Å². The molecular formula is C22H28N4O3. The van der Waals surface area contributed by atoms with Crippen LogP contribution < -0.4 is 5.32 Å². The highest BCUT2D eigenvalue weighted by molar-refractivity contribution is 6.07. The van der Waals surface area contributed by atoms with Crippen LogP contribution >= 0.6 is 0 Å². The molecule has 2 aromatic heterocycles. The summed E-state index contributed by atoms with van der Waals surface area (Å²) in [6.45, 7) is 1.98. The quantitative estimate of drug-likeness (QED) is 0.508. The number of carbonyl (C=O) groups is 1. The number of ether oxygens (including phenoxy) is 2. The van der Waals surface area contributed by atoms with Gasteiger partial charge in [-0.3, -0.25) is 4.79 Å². The molecule has 0 atom stereocenters. The van der Waals surface area contributed by atoms with Crippen molar-refractivity contribution in [2.75, 3.05) is 26.9 Å². The van der Waals surface area contributed by atoms with E-state index in [0.717, 1.165) is 48.0 Å². The molecule has 154 valence electrons. The predicted molar refractivity (Wildman–Crippen MR) is 112 cm³/mol. The first-order valence-corrected chi connectivity index (χ1v) is 10.2. The third-order valence-electron chi connectivity index (χ3n) is 5.66. The SMILES string of the molecule is COCCOC1CCC(CNC(=O)c2cc(-c3ncc[nH]3)cc3cc[nH]c23)CC1. The molecule has 0 saturated heterocycles. The highest BCUT2D eigenvalue weighted by Crippen LogP contribution is 2.27. The number of hydrogen-bond acceptors (Lipinski definition) is 4. The van der Waals surface area contributed by atoms with Gasteiger partial charge in [-0.15, -0.1) is 0 Å². The largest absolute Gasteiger partial charge is 0.382 e. The maximum atomic E-state index is 13.0. The Hall–Kier alpha value is -2.64. The Morgan fingerprint density at radius 3 is 2.79 bits per heavy atom. The van der Waals surface area contributed by atoms with E-state index in [4.69, 9.17) is 9.47 Å². The van der Waals surface area contributed by atoms with Crippen LogP contribution in [0.1, 0.15) is 36.0 Å². The van der Waals surface area contributed by atoms with Gasteiger partial charge in [-0.25, -0.2) is 4.98 Å². The molecule has 0 bridgehead atoms. The minimum Gasteiger partial charge on any atom is -0.382 e. The molecule has 3 aromatic rings. The van der Waals surface area contributed by atoms with Crippen LogP contribution in [-0.2, 0) is 9.47 Å². The van der Waals surface area contributed by atoms with E-state index in [1.165, 1.54) is 0 Å². The first-order chi connectivity index (χ1) is 14.2. The Bertz CT molecular complexity index is 927. The van der Waals surface area contributed by atoms with E-state index < -0.39 is 0 Å². The number of benzene rings is 1. The lowest BCUT2D eigenvalue weighted by Crippen LogP contribution is -2.33. The van der Waals surface area contributed by atoms with Crippen molar-refractivity contribution in [3.8, 4) is 11.4 Å². The van der Waals surface area contributed by atoms with Crippen LogP contribution in [0.25, 0.3) is 22.3 Å². The fourth-order valence-electron chi connectivity index (χ4n) is 4.04. The molecule has 0 spiro atoms. The summed E-state index contributed by atoms with van der Waals surface area (Å²) in [6.07, 6.45) is 9.90. The molecule has 1 fully saturated rings. The van der Waals surface area contributed by atoms with Gasteiger partial charge in [0, 0.05) is 43.2 Å². The number of aromatic nitrogens is 3. The molecule has 7 nitrogen and oxygen atoms in total. The molecule has 0 radical (unpaired) electrons. The number of carbonyl (C=O) groups excluding carboxylic acids is 1. The number of aromatic amines is 2. The van der Waals surface area contributed by atoms with Crippen molar-refractivity contribution >= 4 is 16.8 Å². The summed E-state index contributed by atoms with van der Waals surface area (Å²) in [4.78, 5) is 23.6. The van der Waals surface area contributed by atoms with Crippen molar-refractivity contribution in [2.24, 2.45) is 5.92 Å². The van der Waals surface area contributed by atoms with Crippen molar-refractivity contribution in [3.05, 3.63) is 42.4 Å².